The molecule has 24 heavy (non-hydrogen) atoms. The van der Waals surface area contributed by atoms with E-state index in [0.29, 0.717) is 17.0 Å². The second-order valence-electron chi connectivity index (χ2n) is 4.91. The number of hydrogen-bond donors (Lipinski definition) is 3. The van der Waals surface area contributed by atoms with Crippen LogP contribution in [0.1, 0.15) is 5.56 Å². The highest BCUT2D eigenvalue weighted by molar-refractivity contribution is 6.35. The van der Waals surface area contributed by atoms with Gasteiger partial charge < -0.3 is 9.84 Å². The van der Waals surface area contributed by atoms with Gasteiger partial charge in [-0.25, -0.2) is 21.5 Å². The number of anilines is 1. The van der Waals surface area contributed by atoms with E-state index >= 15 is 0 Å². The number of carbonyl (C=O) groups excluding carboxylic acids is 1. The summed E-state index contributed by atoms with van der Waals surface area (Å²) in [6.45, 7) is 0.0757. The lowest BCUT2D eigenvalue weighted by Gasteiger charge is -2.23. The molecule has 0 aliphatic heterocycles. The molecule has 0 atom stereocenters. The van der Waals surface area contributed by atoms with Crippen LogP contribution in [0.4, 0.5) is 10.5 Å². The molecule has 0 aromatic heterocycles. The fraction of sp³-hybridized carbons (Fsp3) is 0.133. The van der Waals surface area contributed by atoms with Crippen molar-refractivity contribution in [2.45, 2.75) is 6.61 Å². The fourth-order valence-corrected chi connectivity index (χ4v) is 2.29. The molecule has 128 valence electrons. The number of nitrogens with zero attached hydrogens (tertiary/aromatic N) is 2. The smallest absolute Gasteiger partial charge is 0.352 e. The minimum atomic E-state index is -0.590. The summed E-state index contributed by atoms with van der Waals surface area (Å²) in [6.07, 6.45) is 0. The molecule has 2 amide bonds. The molecule has 2 rings (SSSR count). The Morgan fingerprint density at radius 2 is 1.88 bits per heavy atom. The van der Waals surface area contributed by atoms with E-state index in [9.17, 15) is 9.90 Å². The first-order chi connectivity index (χ1) is 11.3. The summed E-state index contributed by atoms with van der Waals surface area (Å²) in [5, 5.41) is 11.6. The van der Waals surface area contributed by atoms with E-state index in [1.165, 1.54) is 19.2 Å². The number of nitrogens with two attached hydrogens (primary N) is 2. The van der Waals surface area contributed by atoms with Crippen molar-refractivity contribution in [2.24, 2.45) is 11.7 Å². The largest absolute Gasteiger partial charge is 0.506 e. The molecule has 0 unspecified atom stereocenters. The van der Waals surface area contributed by atoms with Crippen molar-refractivity contribution >= 4 is 34.9 Å². The summed E-state index contributed by atoms with van der Waals surface area (Å²) in [5.41, 5.74) is 1.07. The average molecular weight is 371 g/mol. The first-order valence-electron chi connectivity index (χ1n) is 6.77. The lowest BCUT2D eigenvalue weighted by molar-refractivity contribution is 0.216. The van der Waals surface area contributed by atoms with Gasteiger partial charge >= 0.3 is 6.03 Å². The van der Waals surface area contributed by atoms with Crippen LogP contribution in [0.5, 0.6) is 11.5 Å². The monoisotopic (exact) mass is 370 g/mol. The predicted molar refractivity (Wildman–Crippen MR) is 92.9 cm³/mol. The van der Waals surface area contributed by atoms with Crippen molar-refractivity contribution in [3.63, 3.8) is 0 Å². The number of carbonyl (C=O) groups is 1. The van der Waals surface area contributed by atoms with Gasteiger partial charge in [0.25, 0.3) is 0 Å². The van der Waals surface area contributed by atoms with Crippen LogP contribution < -0.4 is 21.4 Å². The average Bonchev–Trinajstić information content (AvgIpc) is 2.55. The Kier molecular flexibility index (Phi) is 5.74. The zero-order valence-corrected chi connectivity index (χ0v) is 14.3. The van der Waals surface area contributed by atoms with Crippen molar-refractivity contribution in [3.8, 4) is 11.5 Å². The van der Waals surface area contributed by atoms with E-state index in [0.717, 1.165) is 10.0 Å². The number of hydrazine groups is 2. The van der Waals surface area contributed by atoms with Gasteiger partial charge in [-0.1, -0.05) is 41.4 Å². The number of aromatic hydroxyl groups is 1. The lowest BCUT2D eigenvalue weighted by Crippen LogP contribution is -2.49. The molecule has 0 radical (unpaired) electrons. The first kappa shape index (κ1) is 18.2. The second kappa shape index (κ2) is 7.59. The van der Waals surface area contributed by atoms with Crippen LogP contribution in [0.3, 0.4) is 0 Å². The normalized spacial score (nSPS) is 10.4. The number of rotatable bonds is 4. The number of amides is 2. The summed E-state index contributed by atoms with van der Waals surface area (Å²) >= 11 is 11.9. The maximum absolute atomic E-state index is 11.9. The Morgan fingerprint density at radius 1 is 1.21 bits per heavy atom. The minimum absolute atomic E-state index is 0.0757. The maximum Gasteiger partial charge on any atom is 0.352 e. The predicted octanol–water partition coefficient (Wildman–Crippen LogP) is 2.88. The second-order valence-corrected chi connectivity index (χ2v) is 5.73. The maximum atomic E-state index is 11.9. The van der Waals surface area contributed by atoms with Gasteiger partial charge in [0.1, 0.15) is 18.1 Å². The molecule has 0 heterocycles. The van der Waals surface area contributed by atoms with Gasteiger partial charge in [-0.2, -0.15) is 0 Å². The van der Waals surface area contributed by atoms with Crippen molar-refractivity contribution in [1.82, 2.24) is 5.01 Å². The molecule has 7 nitrogen and oxygen atoms in total. The Labute approximate surface area is 148 Å². The molecule has 0 fully saturated rings. The number of benzene rings is 2. The van der Waals surface area contributed by atoms with Crippen LogP contribution in [-0.2, 0) is 6.61 Å². The van der Waals surface area contributed by atoms with E-state index < -0.39 is 6.03 Å². The van der Waals surface area contributed by atoms with Crippen molar-refractivity contribution < 1.29 is 14.6 Å². The molecule has 2 aromatic rings. The van der Waals surface area contributed by atoms with Crippen LogP contribution in [-0.4, -0.2) is 23.2 Å². The van der Waals surface area contributed by atoms with Crippen LogP contribution >= 0.6 is 23.2 Å². The van der Waals surface area contributed by atoms with Crippen LogP contribution in [0, 0.1) is 0 Å². The van der Waals surface area contributed by atoms with Gasteiger partial charge in [0.15, 0.2) is 0 Å². The zero-order chi connectivity index (χ0) is 17.9. The van der Waals surface area contributed by atoms with Gasteiger partial charge in [-0.05, 0) is 6.07 Å². The van der Waals surface area contributed by atoms with E-state index in [2.05, 4.69) is 0 Å². The standard InChI is InChI=1S/C15H16Cl2N4O3/c1-20(18)15(23)21(19)12-5-3-2-4-9(12)8-24-14-7-10(16)13(22)6-11(14)17/h2-7,22H,8,18-19H2,1H3. The van der Waals surface area contributed by atoms with Crippen LogP contribution in [0.25, 0.3) is 0 Å². The van der Waals surface area contributed by atoms with E-state index in [1.54, 1.807) is 24.3 Å². The number of para-hydroxylation sites is 1. The highest BCUT2D eigenvalue weighted by atomic mass is 35.5. The van der Waals surface area contributed by atoms with E-state index in [-0.39, 0.29) is 22.4 Å². The summed E-state index contributed by atoms with van der Waals surface area (Å²) in [4.78, 5) is 11.9. The Hall–Kier alpha value is -2.19. The fourth-order valence-electron chi connectivity index (χ4n) is 1.93. The number of urea groups is 1. The number of phenols is 1. The van der Waals surface area contributed by atoms with Crippen molar-refractivity contribution in [2.75, 3.05) is 12.1 Å². The highest BCUT2D eigenvalue weighted by Crippen LogP contribution is 2.35. The van der Waals surface area contributed by atoms with Crippen molar-refractivity contribution in [3.05, 3.63) is 52.0 Å². The number of halogens is 2. The lowest BCUT2D eigenvalue weighted by atomic mass is 10.2. The molecule has 0 spiro atoms. The molecule has 0 bridgehead atoms. The molecule has 5 N–H and O–H groups in total. The first-order valence-corrected chi connectivity index (χ1v) is 7.52. The third-order valence-electron chi connectivity index (χ3n) is 3.14. The summed E-state index contributed by atoms with van der Waals surface area (Å²) < 4.78 is 5.62. The molecule has 0 saturated carbocycles. The van der Waals surface area contributed by atoms with Gasteiger partial charge in [0.05, 0.1) is 15.7 Å². The van der Waals surface area contributed by atoms with Gasteiger partial charge in [0, 0.05) is 24.7 Å². The topological polar surface area (TPSA) is 105 Å². The summed E-state index contributed by atoms with van der Waals surface area (Å²) in [5.74, 6) is 11.4. The van der Waals surface area contributed by atoms with E-state index in [4.69, 9.17) is 39.6 Å². The third kappa shape index (κ3) is 4.01. The number of phenolic OH excluding ortho intramolecular Hbond substituents is 1. The summed E-state index contributed by atoms with van der Waals surface area (Å²) in [7, 11) is 1.39. The van der Waals surface area contributed by atoms with E-state index in [1.807, 2.05) is 0 Å². The zero-order valence-electron chi connectivity index (χ0n) is 12.7. The minimum Gasteiger partial charge on any atom is -0.506 e. The van der Waals surface area contributed by atoms with Gasteiger partial charge in [0.2, 0.25) is 0 Å². The SMILES string of the molecule is CN(N)C(=O)N(N)c1ccccc1COc1cc(Cl)c(O)cc1Cl. The quantitative estimate of drug-likeness (QED) is 0.435. The number of ether oxygens (including phenoxy) is 1. The molecule has 2 aromatic carbocycles. The summed E-state index contributed by atoms with van der Waals surface area (Å²) in [6, 6.07) is 9.01. The Balaban J connectivity index is 2.22. The van der Waals surface area contributed by atoms with Crippen LogP contribution in [0.2, 0.25) is 10.0 Å². The van der Waals surface area contributed by atoms with Gasteiger partial charge in [-0.3, -0.25) is 5.01 Å². The van der Waals surface area contributed by atoms with Gasteiger partial charge in [-0.15, -0.1) is 0 Å². The molecular formula is C15H16Cl2N4O3. The molecular weight excluding hydrogens is 355 g/mol. The molecule has 0 aliphatic carbocycles. The molecule has 9 heteroatoms. The third-order valence-corrected chi connectivity index (χ3v) is 3.74. The van der Waals surface area contributed by atoms with Crippen LogP contribution in [0.15, 0.2) is 36.4 Å². The number of hydrogen-bond acceptors (Lipinski definition) is 5. The molecule has 0 saturated heterocycles. The van der Waals surface area contributed by atoms with Crippen molar-refractivity contribution in [1.29, 1.82) is 0 Å². The Bertz CT molecular complexity index is 755. The molecule has 0 aliphatic rings. The highest BCUT2D eigenvalue weighted by Gasteiger charge is 2.18. The Morgan fingerprint density at radius 3 is 2.54 bits per heavy atom.